The molecule has 3 rings (SSSR count). The molecule has 1 aliphatic heterocycles. The van der Waals surface area contributed by atoms with Crippen LogP contribution in [0.5, 0.6) is 0 Å². The van der Waals surface area contributed by atoms with E-state index in [-0.39, 0.29) is 0 Å². The molecule has 1 aromatic carbocycles. The topological polar surface area (TPSA) is 34.9 Å². The molecule has 0 bridgehead atoms. The first-order valence-corrected chi connectivity index (χ1v) is 7.25. The molecule has 0 saturated carbocycles. The first-order valence-electron chi connectivity index (χ1n) is 7.25. The van der Waals surface area contributed by atoms with Crippen molar-refractivity contribution >= 4 is 6.29 Å². The lowest BCUT2D eigenvalue weighted by atomic mass is 10.0. The summed E-state index contributed by atoms with van der Waals surface area (Å²) in [7, 11) is 0. The van der Waals surface area contributed by atoms with E-state index in [0.717, 1.165) is 48.4 Å². The Hall–Kier alpha value is -1.90. The normalized spacial score (nSPS) is 17.9. The predicted molar refractivity (Wildman–Crippen MR) is 80.2 cm³/mol. The number of carbonyl (C=O) groups is 1. The molecule has 104 valence electrons. The van der Waals surface area contributed by atoms with E-state index in [1.54, 1.807) is 0 Å². The highest BCUT2D eigenvalue weighted by Crippen LogP contribution is 2.33. The fraction of sp³-hybridized carbons (Fsp3) is 0.412. The first-order chi connectivity index (χ1) is 9.61. The predicted octanol–water partition coefficient (Wildman–Crippen LogP) is 3.88. The number of fused-ring (bicyclic) bond motifs is 1. The Balaban J connectivity index is 2.24. The van der Waals surface area contributed by atoms with Gasteiger partial charge in [-0.2, -0.15) is 0 Å². The largest absolute Gasteiger partial charge is 0.325 e. The molecule has 0 amide bonds. The SMILES string of the molecule is Cc1ccc(C)c(-c2nc3n(c2C=O)CCCC3C)c1. The molecule has 1 aromatic heterocycles. The van der Waals surface area contributed by atoms with E-state index in [0.29, 0.717) is 5.92 Å². The van der Waals surface area contributed by atoms with Crippen LogP contribution in [0.2, 0.25) is 0 Å². The number of rotatable bonds is 2. The van der Waals surface area contributed by atoms with E-state index in [1.165, 1.54) is 11.1 Å². The molecular weight excluding hydrogens is 248 g/mol. The lowest BCUT2D eigenvalue weighted by Gasteiger charge is -2.20. The van der Waals surface area contributed by atoms with Crippen molar-refractivity contribution in [3.63, 3.8) is 0 Å². The van der Waals surface area contributed by atoms with Gasteiger partial charge in [-0.05, 0) is 38.3 Å². The van der Waals surface area contributed by atoms with Crippen LogP contribution in [0.1, 0.15) is 53.1 Å². The van der Waals surface area contributed by atoms with Gasteiger partial charge in [-0.15, -0.1) is 0 Å². The number of carbonyl (C=O) groups excluding carboxylic acids is 1. The Bertz CT molecular complexity index is 670. The molecule has 0 radical (unpaired) electrons. The van der Waals surface area contributed by atoms with Crippen molar-refractivity contribution in [3.8, 4) is 11.3 Å². The number of hydrogen-bond donors (Lipinski definition) is 0. The first kappa shape index (κ1) is 13.1. The zero-order valence-corrected chi connectivity index (χ0v) is 12.3. The van der Waals surface area contributed by atoms with Crippen LogP contribution in [-0.4, -0.2) is 15.8 Å². The van der Waals surface area contributed by atoms with Gasteiger partial charge in [-0.3, -0.25) is 4.79 Å². The van der Waals surface area contributed by atoms with Crippen LogP contribution in [0.3, 0.4) is 0 Å². The highest BCUT2D eigenvalue weighted by molar-refractivity contribution is 5.85. The van der Waals surface area contributed by atoms with Crippen LogP contribution in [-0.2, 0) is 6.54 Å². The monoisotopic (exact) mass is 268 g/mol. The Morgan fingerprint density at radius 1 is 1.35 bits per heavy atom. The van der Waals surface area contributed by atoms with Gasteiger partial charge in [0.25, 0.3) is 0 Å². The van der Waals surface area contributed by atoms with E-state index in [2.05, 4.69) is 43.5 Å². The van der Waals surface area contributed by atoms with Gasteiger partial charge in [0.2, 0.25) is 0 Å². The van der Waals surface area contributed by atoms with Crippen molar-refractivity contribution in [2.45, 2.75) is 46.1 Å². The van der Waals surface area contributed by atoms with E-state index in [1.807, 2.05) is 0 Å². The lowest BCUT2D eigenvalue weighted by molar-refractivity contribution is 0.111. The Kier molecular flexibility index (Phi) is 3.20. The zero-order chi connectivity index (χ0) is 14.3. The summed E-state index contributed by atoms with van der Waals surface area (Å²) in [6.45, 7) is 7.25. The standard InChI is InChI=1S/C17H20N2O/c1-11-6-7-12(2)14(9-11)16-15(10-20)19-8-4-5-13(3)17(19)18-16/h6-7,9-10,13H,4-5,8H2,1-3H3. The second-order valence-corrected chi connectivity index (χ2v) is 5.83. The van der Waals surface area contributed by atoms with Crippen molar-refractivity contribution in [2.75, 3.05) is 0 Å². The lowest BCUT2D eigenvalue weighted by Crippen LogP contribution is -2.15. The summed E-state index contributed by atoms with van der Waals surface area (Å²) in [4.78, 5) is 16.4. The van der Waals surface area contributed by atoms with Crippen LogP contribution in [0, 0.1) is 13.8 Å². The number of nitrogens with zero attached hydrogens (tertiary/aromatic N) is 2. The highest BCUT2D eigenvalue weighted by atomic mass is 16.1. The van der Waals surface area contributed by atoms with Gasteiger partial charge < -0.3 is 4.57 Å². The molecular formula is C17H20N2O. The van der Waals surface area contributed by atoms with Gasteiger partial charge in [-0.25, -0.2) is 4.98 Å². The molecule has 2 aromatic rings. The van der Waals surface area contributed by atoms with Gasteiger partial charge in [-0.1, -0.05) is 24.6 Å². The molecule has 3 nitrogen and oxygen atoms in total. The quantitative estimate of drug-likeness (QED) is 0.775. The van der Waals surface area contributed by atoms with Crippen molar-refractivity contribution < 1.29 is 4.79 Å². The third-order valence-electron chi connectivity index (χ3n) is 4.26. The summed E-state index contributed by atoms with van der Waals surface area (Å²) < 4.78 is 2.11. The zero-order valence-electron chi connectivity index (χ0n) is 12.3. The smallest absolute Gasteiger partial charge is 0.168 e. The maximum absolute atomic E-state index is 11.6. The van der Waals surface area contributed by atoms with E-state index in [9.17, 15) is 4.79 Å². The molecule has 2 heterocycles. The van der Waals surface area contributed by atoms with Crippen LogP contribution in [0.4, 0.5) is 0 Å². The average molecular weight is 268 g/mol. The van der Waals surface area contributed by atoms with Crippen molar-refractivity contribution in [1.82, 2.24) is 9.55 Å². The Morgan fingerprint density at radius 3 is 2.90 bits per heavy atom. The Labute approximate surface area is 119 Å². The molecule has 0 spiro atoms. The third kappa shape index (κ3) is 1.98. The molecule has 1 atom stereocenters. The average Bonchev–Trinajstić information content (AvgIpc) is 2.81. The molecule has 20 heavy (non-hydrogen) atoms. The van der Waals surface area contributed by atoms with Crippen LogP contribution in [0.15, 0.2) is 18.2 Å². The molecule has 1 unspecified atom stereocenters. The minimum atomic E-state index is 0.432. The summed E-state index contributed by atoms with van der Waals surface area (Å²) in [6.07, 6.45) is 3.24. The van der Waals surface area contributed by atoms with Crippen molar-refractivity contribution in [1.29, 1.82) is 0 Å². The van der Waals surface area contributed by atoms with Crippen LogP contribution < -0.4 is 0 Å². The van der Waals surface area contributed by atoms with Gasteiger partial charge >= 0.3 is 0 Å². The number of aromatic nitrogens is 2. The van der Waals surface area contributed by atoms with Crippen LogP contribution >= 0.6 is 0 Å². The van der Waals surface area contributed by atoms with E-state index >= 15 is 0 Å². The third-order valence-corrected chi connectivity index (χ3v) is 4.26. The Morgan fingerprint density at radius 2 is 2.15 bits per heavy atom. The summed E-state index contributed by atoms with van der Waals surface area (Å²) in [5.74, 6) is 1.50. The number of aryl methyl sites for hydroxylation is 2. The fourth-order valence-corrected chi connectivity index (χ4v) is 3.09. The molecule has 0 aliphatic carbocycles. The number of imidazole rings is 1. The number of aldehydes is 1. The summed E-state index contributed by atoms with van der Waals surface area (Å²) in [5.41, 5.74) is 5.04. The second kappa shape index (κ2) is 4.89. The second-order valence-electron chi connectivity index (χ2n) is 5.83. The van der Waals surface area contributed by atoms with E-state index < -0.39 is 0 Å². The van der Waals surface area contributed by atoms with Gasteiger partial charge in [0.05, 0.1) is 5.69 Å². The maximum Gasteiger partial charge on any atom is 0.168 e. The summed E-state index contributed by atoms with van der Waals surface area (Å²) >= 11 is 0. The minimum Gasteiger partial charge on any atom is -0.325 e. The molecule has 0 fully saturated rings. The minimum absolute atomic E-state index is 0.432. The molecule has 1 aliphatic rings. The fourth-order valence-electron chi connectivity index (χ4n) is 3.09. The van der Waals surface area contributed by atoms with Gasteiger partial charge in [0.1, 0.15) is 11.5 Å². The van der Waals surface area contributed by atoms with Crippen molar-refractivity contribution in [3.05, 3.63) is 40.8 Å². The summed E-state index contributed by atoms with van der Waals surface area (Å²) in [6, 6.07) is 6.32. The highest BCUT2D eigenvalue weighted by Gasteiger charge is 2.25. The maximum atomic E-state index is 11.6. The van der Waals surface area contributed by atoms with Crippen LogP contribution in [0.25, 0.3) is 11.3 Å². The number of hydrogen-bond acceptors (Lipinski definition) is 2. The number of benzene rings is 1. The molecule has 0 N–H and O–H groups in total. The summed E-state index contributed by atoms with van der Waals surface area (Å²) in [5, 5.41) is 0. The van der Waals surface area contributed by atoms with Gasteiger partial charge in [0.15, 0.2) is 6.29 Å². The van der Waals surface area contributed by atoms with Gasteiger partial charge in [0, 0.05) is 18.0 Å². The van der Waals surface area contributed by atoms with E-state index in [4.69, 9.17) is 4.98 Å². The van der Waals surface area contributed by atoms with Crippen molar-refractivity contribution in [2.24, 2.45) is 0 Å². The molecule has 0 saturated heterocycles. The molecule has 3 heteroatoms.